The molecule has 0 aliphatic carbocycles. The van der Waals surface area contributed by atoms with E-state index in [1.807, 2.05) is 25.1 Å². The van der Waals surface area contributed by atoms with Gasteiger partial charge in [-0.15, -0.1) is 0 Å². The van der Waals surface area contributed by atoms with E-state index in [9.17, 15) is 0 Å². The average Bonchev–Trinajstić information content (AvgIpc) is 2.34. The number of methoxy groups -OCH3 is 1. The van der Waals surface area contributed by atoms with Gasteiger partial charge in [-0.3, -0.25) is 9.30 Å². The number of anilines is 1. The second-order valence-corrected chi connectivity index (χ2v) is 3.53. The van der Waals surface area contributed by atoms with E-state index in [4.69, 9.17) is 4.74 Å². The highest BCUT2D eigenvalue weighted by molar-refractivity contribution is 7.82. The Kier molecular flexibility index (Phi) is 4.92. The fourth-order valence-electron chi connectivity index (χ4n) is 1.23. The Morgan fingerprint density at radius 2 is 2.31 bits per heavy atom. The van der Waals surface area contributed by atoms with Crippen molar-refractivity contribution in [1.82, 2.24) is 0 Å². The van der Waals surface area contributed by atoms with Crippen molar-refractivity contribution in [1.29, 1.82) is 0 Å². The molecule has 0 atom stereocenters. The van der Waals surface area contributed by atoms with Gasteiger partial charge in [0.2, 0.25) is 0 Å². The van der Waals surface area contributed by atoms with Crippen molar-refractivity contribution in [2.75, 3.05) is 18.0 Å². The molecule has 0 radical (unpaired) electrons. The van der Waals surface area contributed by atoms with E-state index in [2.05, 4.69) is 24.4 Å². The van der Waals surface area contributed by atoms with Crippen molar-refractivity contribution < 1.29 is 4.74 Å². The molecule has 3 nitrogen and oxygen atoms in total. The summed E-state index contributed by atoms with van der Waals surface area (Å²) in [6.45, 7) is 6.41. The molecule has 0 amide bonds. The third-order valence-corrected chi connectivity index (χ3v) is 2.38. The van der Waals surface area contributed by atoms with Gasteiger partial charge in [0, 0.05) is 6.54 Å². The molecule has 0 fully saturated rings. The van der Waals surface area contributed by atoms with Crippen LogP contribution < -0.4 is 9.04 Å². The minimum atomic E-state index is 0.726. The lowest BCUT2D eigenvalue weighted by atomic mass is 10.2. The van der Waals surface area contributed by atoms with Gasteiger partial charge in [-0.2, -0.15) is 0 Å². The van der Waals surface area contributed by atoms with E-state index in [1.54, 1.807) is 23.8 Å². The Balaban J connectivity index is 3.03. The summed E-state index contributed by atoms with van der Waals surface area (Å²) in [5.41, 5.74) is 1.86. The largest absolute Gasteiger partial charge is 0.495 e. The summed E-state index contributed by atoms with van der Waals surface area (Å²) < 4.78 is 6.92. The minimum Gasteiger partial charge on any atom is -0.495 e. The molecule has 4 heteroatoms. The molecule has 0 aliphatic rings. The molecule has 0 aliphatic heterocycles. The first-order chi connectivity index (χ1) is 7.72. The number of aliphatic imine (C=N–C) groups is 1. The van der Waals surface area contributed by atoms with Crippen molar-refractivity contribution in [2.45, 2.75) is 6.92 Å². The van der Waals surface area contributed by atoms with Crippen LogP contribution in [0, 0.1) is 0 Å². The van der Waals surface area contributed by atoms with Crippen molar-refractivity contribution in [2.24, 2.45) is 4.99 Å². The summed E-state index contributed by atoms with van der Waals surface area (Å²) in [4.78, 5) is 4.11. The highest BCUT2D eigenvalue weighted by Gasteiger charge is 2.07. The number of thiol groups is 1. The summed E-state index contributed by atoms with van der Waals surface area (Å²) in [5.74, 6) is 0.745. The van der Waals surface area contributed by atoms with E-state index in [1.165, 1.54) is 0 Å². The third-order valence-electron chi connectivity index (χ3n) is 2.06. The van der Waals surface area contributed by atoms with Crippen LogP contribution in [0.5, 0.6) is 5.75 Å². The predicted octanol–water partition coefficient (Wildman–Crippen LogP) is 3.04. The van der Waals surface area contributed by atoms with Crippen molar-refractivity contribution in [3.8, 4) is 5.75 Å². The van der Waals surface area contributed by atoms with Crippen LogP contribution in [0.25, 0.3) is 6.08 Å². The first kappa shape index (κ1) is 12.6. The number of benzene rings is 1. The van der Waals surface area contributed by atoms with Gasteiger partial charge < -0.3 is 4.74 Å². The van der Waals surface area contributed by atoms with Gasteiger partial charge in [-0.1, -0.05) is 31.5 Å². The van der Waals surface area contributed by atoms with Crippen molar-refractivity contribution >= 4 is 30.9 Å². The molecule has 1 rings (SSSR count). The second kappa shape index (κ2) is 6.23. The van der Waals surface area contributed by atoms with E-state index in [0.717, 1.165) is 23.5 Å². The SMILES string of the molecule is C=Cc1ccc(N(S)C=NCC)c(OC)c1. The Morgan fingerprint density at radius 3 is 2.88 bits per heavy atom. The topological polar surface area (TPSA) is 24.8 Å². The van der Waals surface area contributed by atoms with E-state index >= 15 is 0 Å². The van der Waals surface area contributed by atoms with E-state index < -0.39 is 0 Å². The van der Waals surface area contributed by atoms with Gasteiger partial charge in [0.15, 0.2) is 0 Å². The zero-order valence-corrected chi connectivity index (χ0v) is 10.4. The van der Waals surface area contributed by atoms with Crippen molar-refractivity contribution in [3.63, 3.8) is 0 Å². The van der Waals surface area contributed by atoms with Gasteiger partial charge in [-0.05, 0) is 24.6 Å². The van der Waals surface area contributed by atoms with Gasteiger partial charge in [-0.25, -0.2) is 0 Å². The zero-order chi connectivity index (χ0) is 12.0. The maximum atomic E-state index is 5.29. The van der Waals surface area contributed by atoms with Crippen LogP contribution in [0.15, 0.2) is 29.8 Å². The fraction of sp³-hybridized carbons (Fsp3) is 0.250. The number of hydrogen-bond acceptors (Lipinski definition) is 3. The number of nitrogens with zero attached hydrogens (tertiary/aromatic N) is 2. The van der Waals surface area contributed by atoms with Crippen LogP contribution >= 0.6 is 12.8 Å². The molecule has 0 saturated heterocycles. The average molecular weight is 236 g/mol. The first-order valence-electron chi connectivity index (χ1n) is 5.01. The lowest BCUT2D eigenvalue weighted by molar-refractivity contribution is 0.416. The molecule has 86 valence electrons. The second-order valence-electron chi connectivity index (χ2n) is 3.09. The monoisotopic (exact) mass is 236 g/mol. The van der Waals surface area contributed by atoms with Crippen LogP contribution in [0.3, 0.4) is 0 Å². The van der Waals surface area contributed by atoms with E-state index in [-0.39, 0.29) is 0 Å². The van der Waals surface area contributed by atoms with Crippen LogP contribution in [-0.2, 0) is 0 Å². The normalized spacial score (nSPS) is 10.4. The molecule has 16 heavy (non-hydrogen) atoms. The molecular formula is C12H16N2OS. The third kappa shape index (κ3) is 3.03. The first-order valence-corrected chi connectivity index (χ1v) is 5.41. The molecule has 0 unspecified atom stereocenters. The number of hydrogen-bond donors (Lipinski definition) is 1. The summed E-state index contributed by atoms with van der Waals surface area (Å²) in [5, 5.41) is 0. The van der Waals surface area contributed by atoms with Crippen LogP contribution in [0.2, 0.25) is 0 Å². The Labute approximate surface area is 102 Å². The van der Waals surface area contributed by atoms with Gasteiger partial charge in [0.1, 0.15) is 5.75 Å². The standard InChI is InChI=1S/C12H16N2OS/c1-4-10-6-7-11(12(8-10)15-3)14(16)9-13-5-2/h4,6-9,16H,1,5H2,2-3H3. The van der Waals surface area contributed by atoms with Gasteiger partial charge in [0.25, 0.3) is 0 Å². The lowest BCUT2D eigenvalue weighted by Crippen LogP contribution is -2.08. The Hall–Kier alpha value is -1.42. The summed E-state index contributed by atoms with van der Waals surface area (Å²) >= 11 is 4.32. The lowest BCUT2D eigenvalue weighted by Gasteiger charge is -2.15. The summed E-state index contributed by atoms with van der Waals surface area (Å²) in [6, 6.07) is 5.78. The Morgan fingerprint density at radius 1 is 1.56 bits per heavy atom. The molecular weight excluding hydrogens is 220 g/mol. The van der Waals surface area contributed by atoms with Crippen LogP contribution in [0.1, 0.15) is 12.5 Å². The molecule has 1 aromatic carbocycles. The molecule has 1 aromatic rings. The smallest absolute Gasteiger partial charge is 0.144 e. The van der Waals surface area contributed by atoms with Crippen LogP contribution in [-0.4, -0.2) is 20.0 Å². The maximum Gasteiger partial charge on any atom is 0.144 e. The number of rotatable bonds is 5. The minimum absolute atomic E-state index is 0.726. The highest BCUT2D eigenvalue weighted by atomic mass is 32.1. The van der Waals surface area contributed by atoms with E-state index in [0.29, 0.717) is 0 Å². The Bertz CT molecular complexity index is 391. The summed E-state index contributed by atoms with van der Waals surface area (Å²) in [7, 11) is 1.63. The molecule has 0 aromatic heterocycles. The molecule has 0 spiro atoms. The fourth-order valence-corrected chi connectivity index (χ4v) is 1.47. The highest BCUT2D eigenvalue weighted by Crippen LogP contribution is 2.29. The van der Waals surface area contributed by atoms with Crippen molar-refractivity contribution in [3.05, 3.63) is 30.3 Å². The predicted molar refractivity (Wildman–Crippen MR) is 73.6 cm³/mol. The molecule has 0 bridgehead atoms. The molecule has 0 N–H and O–H groups in total. The quantitative estimate of drug-likeness (QED) is 0.483. The zero-order valence-electron chi connectivity index (χ0n) is 9.55. The maximum absolute atomic E-state index is 5.29. The summed E-state index contributed by atoms with van der Waals surface area (Å²) in [6.07, 6.45) is 3.43. The van der Waals surface area contributed by atoms with Gasteiger partial charge >= 0.3 is 0 Å². The van der Waals surface area contributed by atoms with Gasteiger partial charge in [0.05, 0.1) is 19.1 Å². The molecule has 0 heterocycles. The van der Waals surface area contributed by atoms with Crippen LogP contribution in [0.4, 0.5) is 5.69 Å². The number of ether oxygens (including phenoxy) is 1. The molecule has 0 saturated carbocycles.